The number of aryl methyl sites for hydroxylation is 1. The molecule has 0 bridgehead atoms. The number of hydrogen-bond acceptors (Lipinski definition) is 3. The first-order chi connectivity index (χ1) is 10.5. The molecule has 120 valence electrons. The van der Waals surface area contributed by atoms with Gasteiger partial charge in [0, 0.05) is 26.6 Å². The van der Waals surface area contributed by atoms with E-state index in [1.807, 2.05) is 36.1 Å². The first-order valence-electron chi connectivity index (χ1n) is 7.82. The lowest BCUT2D eigenvalue weighted by atomic mass is 9.96. The first kappa shape index (κ1) is 16.5. The van der Waals surface area contributed by atoms with E-state index in [-0.39, 0.29) is 11.8 Å². The molecule has 1 aliphatic heterocycles. The maximum Gasteiger partial charge on any atom is 0.244 e. The zero-order chi connectivity index (χ0) is 16.1. The molecule has 2 rings (SSSR count). The largest absolute Gasteiger partial charge is 0.356 e. The van der Waals surface area contributed by atoms with Crippen LogP contribution < -0.4 is 11.1 Å². The molecule has 5 heteroatoms. The lowest BCUT2D eigenvalue weighted by Crippen LogP contribution is -2.46. The van der Waals surface area contributed by atoms with Gasteiger partial charge in [-0.2, -0.15) is 0 Å². The number of likely N-dealkylation sites (tertiary alicyclic amines) is 1. The Morgan fingerprint density at radius 2 is 2.05 bits per heavy atom. The van der Waals surface area contributed by atoms with Gasteiger partial charge in [-0.15, -0.1) is 0 Å². The third-order valence-corrected chi connectivity index (χ3v) is 4.17. The van der Waals surface area contributed by atoms with Crippen LogP contribution in [-0.4, -0.2) is 36.3 Å². The molecule has 1 aromatic carbocycles. The molecule has 22 heavy (non-hydrogen) atoms. The number of carbonyl (C=O) groups excluding carboxylic acids is 2. The highest BCUT2D eigenvalue weighted by atomic mass is 16.2. The number of nitrogens with two attached hydrogens (primary N) is 1. The van der Waals surface area contributed by atoms with Crippen LogP contribution in [-0.2, 0) is 9.59 Å². The first-order valence-corrected chi connectivity index (χ1v) is 7.82. The van der Waals surface area contributed by atoms with E-state index in [2.05, 4.69) is 5.32 Å². The minimum absolute atomic E-state index is 0.0280. The van der Waals surface area contributed by atoms with Gasteiger partial charge in [-0.3, -0.25) is 9.59 Å². The fraction of sp³-hybridized carbons (Fsp3) is 0.529. The predicted octanol–water partition coefficient (Wildman–Crippen LogP) is 1.37. The van der Waals surface area contributed by atoms with E-state index in [9.17, 15) is 9.59 Å². The summed E-state index contributed by atoms with van der Waals surface area (Å²) < 4.78 is 0. The van der Waals surface area contributed by atoms with E-state index in [1.54, 1.807) is 0 Å². The summed E-state index contributed by atoms with van der Waals surface area (Å²) in [5, 5.41) is 2.83. The molecule has 5 nitrogen and oxygen atoms in total. The van der Waals surface area contributed by atoms with E-state index < -0.39 is 6.04 Å². The van der Waals surface area contributed by atoms with Crippen LogP contribution in [0, 0.1) is 12.8 Å². The fourth-order valence-electron chi connectivity index (χ4n) is 2.83. The minimum Gasteiger partial charge on any atom is -0.356 e. The second-order valence-corrected chi connectivity index (χ2v) is 6.12. The SMILES string of the molecule is CC(=O)NCC1CCCN(C(=O)C(N)c2ccc(C)cc2)C1. The molecular formula is C17H25N3O2. The summed E-state index contributed by atoms with van der Waals surface area (Å²) in [6.07, 6.45) is 1.99. The molecule has 2 unspecified atom stereocenters. The number of piperidine rings is 1. The van der Waals surface area contributed by atoms with Crippen LogP contribution in [0.3, 0.4) is 0 Å². The van der Waals surface area contributed by atoms with Crippen LogP contribution in [0.15, 0.2) is 24.3 Å². The molecule has 0 aromatic heterocycles. The average Bonchev–Trinajstić information content (AvgIpc) is 2.52. The number of carbonyl (C=O) groups is 2. The average molecular weight is 303 g/mol. The molecule has 1 aliphatic rings. The van der Waals surface area contributed by atoms with Crippen molar-refractivity contribution < 1.29 is 9.59 Å². The number of hydrogen-bond donors (Lipinski definition) is 2. The molecule has 2 atom stereocenters. The van der Waals surface area contributed by atoms with Crippen LogP contribution >= 0.6 is 0 Å². The normalized spacial score (nSPS) is 19.6. The Morgan fingerprint density at radius 1 is 1.36 bits per heavy atom. The van der Waals surface area contributed by atoms with Crippen molar-refractivity contribution in [3.8, 4) is 0 Å². The van der Waals surface area contributed by atoms with Gasteiger partial charge in [0.15, 0.2) is 0 Å². The molecule has 1 fully saturated rings. The maximum atomic E-state index is 12.6. The molecule has 2 amide bonds. The molecule has 0 spiro atoms. The van der Waals surface area contributed by atoms with E-state index >= 15 is 0 Å². The molecule has 3 N–H and O–H groups in total. The highest BCUT2D eigenvalue weighted by molar-refractivity contribution is 5.83. The molecule has 1 aromatic rings. The van der Waals surface area contributed by atoms with Crippen LogP contribution in [0.5, 0.6) is 0 Å². The highest BCUT2D eigenvalue weighted by Crippen LogP contribution is 2.20. The second kappa shape index (κ2) is 7.40. The third-order valence-electron chi connectivity index (χ3n) is 4.17. The Hall–Kier alpha value is -1.88. The Balaban J connectivity index is 1.96. The number of rotatable bonds is 4. The predicted molar refractivity (Wildman–Crippen MR) is 86.1 cm³/mol. The van der Waals surface area contributed by atoms with E-state index in [1.165, 1.54) is 6.92 Å². The standard InChI is InChI=1S/C17H25N3O2/c1-12-5-7-15(8-6-12)16(18)17(22)20-9-3-4-14(11-20)10-19-13(2)21/h5-8,14,16H,3-4,9-11,18H2,1-2H3,(H,19,21). The van der Waals surface area contributed by atoms with Crippen molar-refractivity contribution in [1.29, 1.82) is 0 Å². The number of amides is 2. The number of nitrogens with zero attached hydrogens (tertiary/aromatic N) is 1. The van der Waals surface area contributed by atoms with E-state index in [0.29, 0.717) is 19.0 Å². The van der Waals surface area contributed by atoms with E-state index in [4.69, 9.17) is 5.73 Å². The van der Waals surface area contributed by atoms with Crippen molar-refractivity contribution >= 4 is 11.8 Å². The molecule has 0 aliphatic carbocycles. The zero-order valence-electron chi connectivity index (χ0n) is 13.3. The second-order valence-electron chi connectivity index (χ2n) is 6.12. The van der Waals surface area contributed by atoms with E-state index in [0.717, 1.165) is 30.5 Å². The van der Waals surface area contributed by atoms with Gasteiger partial charge in [0.25, 0.3) is 0 Å². The molecule has 0 radical (unpaired) electrons. The lowest BCUT2D eigenvalue weighted by molar-refractivity contribution is -0.134. The van der Waals surface area contributed by atoms with Gasteiger partial charge in [-0.1, -0.05) is 29.8 Å². The van der Waals surface area contributed by atoms with Gasteiger partial charge in [-0.05, 0) is 31.2 Å². The highest BCUT2D eigenvalue weighted by Gasteiger charge is 2.27. The third kappa shape index (κ3) is 4.31. The lowest BCUT2D eigenvalue weighted by Gasteiger charge is -2.34. The summed E-state index contributed by atoms with van der Waals surface area (Å²) in [6.45, 7) is 5.56. The zero-order valence-corrected chi connectivity index (χ0v) is 13.3. The smallest absolute Gasteiger partial charge is 0.244 e. The monoisotopic (exact) mass is 303 g/mol. The van der Waals surface area contributed by atoms with Gasteiger partial charge < -0.3 is 16.0 Å². The van der Waals surface area contributed by atoms with Crippen molar-refractivity contribution in [2.24, 2.45) is 11.7 Å². The summed E-state index contributed by atoms with van der Waals surface area (Å²) in [5.41, 5.74) is 8.12. The summed E-state index contributed by atoms with van der Waals surface area (Å²) in [4.78, 5) is 25.4. The summed E-state index contributed by atoms with van der Waals surface area (Å²) in [5.74, 6) is 0.253. The van der Waals surface area contributed by atoms with Crippen LogP contribution in [0.4, 0.5) is 0 Å². The Bertz CT molecular complexity index is 527. The molecule has 1 saturated heterocycles. The van der Waals surface area contributed by atoms with Gasteiger partial charge in [0.2, 0.25) is 11.8 Å². The van der Waals surface area contributed by atoms with Crippen molar-refractivity contribution in [3.63, 3.8) is 0 Å². The summed E-state index contributed by atoms with van der Waals surface area (Å²) in [7, 11) is 0. The topological polar surface area (TPSA) is 75.4 Å². The van der Waals surface area contributed by atoms with Crippen molar-refractivity contribution in [1.82, 2.24) is 10.2 Å². The Kier molecular flexibility index (Phi) is 5.55. The maximum absolute atomic E-state index is 12.6. The van der Waals surface area contributed by atoms with Gasteiger partial charge in [0.1, 0.15) is 6.04 Å². The minimum atomic E-state index is -0.611. The van der Waals surface area contributed by atoms with Crippen LogP contribution in [0.25, 0.3) is 0 Å². The Morgan fingerprint density at radius 3 is 2.68 bits per heavy atom. The van der Waals surface area contributed by atoms with Crippen molar-refractivity contribution in [3.05, 3.63) is 35.4 Å². The summed E-state index contributed by atoms with van der Waals surface area (Å²) >= 11 is 0. The van der Waals surface area contributed by atoms with Gasteiger partial charge in [-0.25, -0.2) is 0 Å². The van der Waals surface area contributed by atoms with Crippen LogP contribution in [0.2, 0.25) is 0 Å². The Labute approximate surface area is 131 Å². The van der Waals surface area contributed by atoms with Crippen LogP contribution in [0.1, 0.15) is 36.9 Å². The molecule has 1 heterocycles. The fourth-order valence-corrected chi connectivity index (χ4v) is 2.83. The van der Waals surface area contributed by atoms with Crippen molar-refractivity contribution in [2.75, 3.05) is 19.6 Å². The molecular weight excluding hydrogens is 278 g/mol. The van der Waals surface area contributed by atoms with Gasteiger partial charge in [0.05, 0.1) is 0 Å². The quantitative estimate of drug-likeness (QED) is 0.882. The molecule has 0 saturated carbocycles. The number of nitrogens with one attached hydrogen (secondary N) is 1. The van der Waals surface area contributed by atoms with Gasteiger partial charge >= 0.3 is 0 Å². The number of benzene rings is 1. The summed E-state index contributed by atoms with van der Waals surface area (Å²) in [6, 6.07) is 7.16. The van der Waals surface area contributed by atoms with Crippen molar-refractivity contribution in [2.45, 2.75) is 32.7 Å².